The number of anilines is 1. The molecule has 1 aliphatic rings. The fraction of sp³-hybridized carbons (Fsp3) is 0.333. The highest BCUT2D eigenvalue weighted by atomic mass is 79.9. The van der Waals surface area contributed by atoms with E-state index in [0.717, 1.165) is 16.5 Å². The highest BCUT2D eigenvalue weighted by Gasteiger charge is 2.34. The maximum absolute atomic E-state index is 12.1. The number of hydrogen-bond acceptors (Lipinski definition) is 6. The summed E-state index contributed by atoms with van der Waals surface area (Å²) in [4.78, 5) is 12.1. The van der Waals surface area contributed by atoms with Gasteiger partial charge in [0, 0.05) is 15.7 Å². The van der Waals surface area contributed by atoms with E-state index < -0.39 is 11.9 Å². The number of ether oxygens (including phenoxy) is 1. The summed E-state index contributed by atoms with van der Waals surface area (Å²) in [5.74, 6) is 0.580. The third kappa shape index (κ3) is 2.86. The summed E-state index contributed by atoms with van der Waals surface area (Å²) in [6.45, 7) is 4.37. The molecule has 0 bridgehead atoms. The minimum Gasteiger partial charge on any atom is -0.493 e. The number of benzene rings is 1. The number of rotatable bonds is 5. The predicted octanol–water partition coefficient (Wildman–Crippen LogP) is 2.00. The normalized spacial score (nSPS) is 16.5. The lowest BCUT2D eigenvalue weighted by Crippen LogP contribution is -2.32. The number of tetrazole rings is 1. The van der Waals surface area contributed by atoms with E-state index in [-0.39, 0.29) is 0 Å². The van der Waals surface area contributed by atoms with Gasteiger partial charge in [0.1, 0.15) is 11.8 Å². The van der Waals surface area contributed by atoms with E-state index in [4.69, 9.17) is 10.5 Å². The summed E-state index contributed by atoms with van der Waals surface area (Å²) in [5, 5.41) is 14.6. The second-order valence-electron chi connectivity index (χ2n) is 5.41. The molecule has 3 N–H and O–H groups in total. The number of fused-ring (bicyclic) bond motifs is 1. The third-order valence-corrected chi connectivity index (χ3v) is 4.20. The van der Waals surface area contributed by atoms with Gasteiger partial charge in [0.25, 0.3) is 0 Å². The van der Waals surface area contributed by atoms with Crippen LogP contribution in [0.5, 0.6) is 5.75 Å². The summed E-state index contributed by atoms with van der Waals surface area (Å²) >= 11 is 3.47. The second kappa shape index (κ2) is 6.60. The Morgan fingerprint density at radius 3 is 3.00 bits per heavy atom. The van der Waals surface area contributed by atoms with Crippen LogP contribution >= 0.6 is 15.9 Å². The number of primary amides is 1. The van der Waals surface area contributed by atoms with Gasteiger partial charge in [-0.05, 0) is 42.0 Å². The molecule has 0 fully saturated rings. The molecule has 2 aromatic rings. The Balaban J connectivity index is 2.19. The van der Waals surface area contributed by atoms with Gasteiger partial charge in [-0.2, -0.15) is 4.68 Å². The van der Waals surface area contributed by atoms with E-state index in [2.05, 4.69) is 36.8 Å². The van der Waals surface area contributed by atoms with Gasteiger partial charge in [0.05, 0.1) is 12.2 Å². The van der Waals surface area contributed by atoms with Crippen LogP contribution < -0.4 is 15.8 Å². The van der Waals surface area contributed by atoms with Crippen molar-refractivity contribution in [3.63, 3.8) is 0 Å². The van der Waals surface area contributed by atoms with Crippen molar-refractivity contribution in [3.05, 3.63) is 39.5 Å². The van der Waals surface area contributed by atoms with Gasteiger partial charge in [0.15, 0.2) is 0 Å². The molecule has 8 nitrogen and oxygen atoms in total. The Bertz CT molecular complexity index is 816. The Kier molecular flexibility index (Phi) is 4.52. The van der Waals surface area contributed by atoms with Gasteiger partial charge in [-0.25, -0.2) is 0 Å². The molecule has 0 radical (unpaired) electrons. The molecule has 0 unspecified atom stereocenters. The highest BCUT2D eigenvalue weighted by molar-refractivity contribution is 9.10. The average Bonchev–Trinajstić information content (AvgIpc) is 2.99. The smallest absolute Gasteiger partial charge is 0.248 e. The van der Waals surface area contributed by atoms with Crippen LogP contribution in [-0.4, -0.2) is 32.7 Å². The SMILES string of the molecule is CCCOc1ccc(Br)cc1[C@H]1C(C(N)=O)=C(C)Nc2nnnn21. The number of allylic oxidation sites excluding steroid dienone is 1. The maximum Gasteiger partial charge on any atom is 0.248 e. The molecule has 1 atom stereocenters. The van der Waals surface area contributed by atoms with Crippen LogP contribution in [0.25, 0.3) is 0 Å². The molecule has 0 saturated carbocycles. The highest BCUT2D eigenvalue weighted by Crippen LogP contribution is 2.39. The number of hydrogen-bond donors (Lipinski definition) is 2. The van der Waals surface area contributed by atoms with E-state index in [9.17, 15) is 4.79 Å². The standard InChI is InChI=1S/C15H17BrN6O2/c1-3-6-24-11-5-4-9(16)7-10(11)13-12(14(17)23)8(2)18-15-19-20-21-22(13)15/h4-5,7,13H,3,6H2,1-2H3,(H2,17,23)(H,18,19,21)/t13-/m0/s1. The van der Waals surface area contributed by atoms with Gasteiger partial charge in [0.2, 0.25) is 11.9 Å². The minimum atomic E-state index is -0.557. The lowest BCUT2D eigenvalue weighted by molar-refractivity contribution is -0.115. The Hall–Kier alpha value is -2.42. The van der Waals surface area contributed by atoms with E-state index in [1.807, 2.05) is 25.1 Å². The van der Waals surface area contributed by atoms with Crippen molar-refractivity contribution in [2.24, 2.45) is 5.73 Å². The van der Waals surface area contributed by atoms with Crippen LogP contribution in [0.3, 0.4) is 0 Å². The van der Waals surface area contributed by atoms with Crippen molar-refractivity contribution in [1.82, 2.24) is 20.2 Å². The zero-order valence-corrected chi connectivity index (χ0v) is 14.9. The van der Waals surface area contributed by atoms with Crippen molar-refractivity contribution >= 4 is 27.8 Å². The summed E-state index contributed by atoms with van der Waals surface area (Å²) in [6, 6.07) is 5.08. The predicted molar refractivity (Wildman–Crippen MR) is 91.4 cm³/mol. The number of nitrogens with two attached hydrogens (primary N) is 1. The summed E-state index contributed by atoms with van der Waals surface area (Å²) in [6.07, 6.45) is 0.870. The zero-order valence-electron chi connectivity index (χ0n) is 13.3. The largest absolute Gasteiger partial charge is 0.493 e. The molecular formula is C15H17BrN6O2. The molecule has 1 aliphatic heterocycles. The number of aromatic nitrogens is 4. The zero-order chi connectivity index (χ0) is 17.3. The first kappa shape index (κ1) is 16.4. The van der Waals surface area contributed by atoms with Crippen LogP contribution in [0, 0.1) is 0 Å². The lowest BCUT2D eigenvalue weighted by Gasteiger charge is -2.28. The Morgan fingerprint density at radius 2 is 2.29 bits per heavy atom. The van der Waals surface area contributed by atoms with Crippen LogP contribution in [0.4, 0.5) is 5.95 Å². The Labute approximate surface area is 147 Å². The fourth-order valence-corrected chi connectivity index (χ4v) is 3.07. The molecule has 3 rings (SSSR count). The van der Waals surface area contributed by atoms with Gasteiger partial charge >= 0.3 is 0 Å². The third-order valence-electron chi connectivity index (χ3n) is 3.71. The lowest BCUT2D eigenvalue weighted by atomic mass is 9.94. The summed E-state index contributed by atoms with van der Waals surface area (Å²) < 4.78 is 8.24. The first-order chi connectivity index (χ1) is 11.5. The van der Waals surface area contributed by atoms with Crippen molar-refractivity contribution in [3.8, 4) is 5.75 Å². The maximum atomic E-state index is 12.1. The molecule has 1 amide bonds. The quantitative estimate of drug-likeness (QED) is 0.805. The number of nitrogens with zero attached hydrogens (tertiary/aromatic N) is 4. The molecule has 0 saturated heterocycles. The molecule has 2 heterocycles. The number of nitrogens with one attached hydrogen (secondary N) is 1. The van der Waals surface area contributed by atoms with Gasteiger partial charge < -0.3 is 15.8 Å². The number of halogens is 1. The van der Waals surface area contributed by atoms with Crippen molar-refractivity contribution in [2.45, 2.75) is 26.3 Å². The second-order valence-corrected chi connectivity index (χ2v) is 6.32. The molecule has 24 heavy (non-hydrogen) atoms. The van der Waals surface area contributed by atoms with E-state index in [1.165, 1.54) is 4.68 Å². The van der Waals surface area contributed by atoms with Crippen LogP contribution in [-0.2, 0) is 4.79 Å². The molecule has 126 valence electrons. The first-order valence-electron chi connectivity index (χ1n) is 7.50. The van der Waals surface area contributed by atoms with Crippen molar-refractivity contribution in [2.75, 3.05) is 11.9 Å². The molecule has 0 spiro atoms. The monoisotopic (exact) mass is 392 g/mol. The Morgan fingerprint density at radius 1 is 1.50 bits per heavy atom. The molecular weight excluding hydrogens is 376 g/mol. The van der Waals surface area contributed by atoms with Crippen LogP contribution in [0.2, 0.25) is 0 Å². The topological polar surface area (TPSA) is 108 Å². The van der Waals surface area contributed by atoms with Crippen molar-refractivity contribution in [1.29, 1.82) is 0 Å². The van der Waals surface area contributed by atoms with Crippen molar-refractivity contribution < 1.29 is 9.53 Å². The average molecular weight is 393 g/mol. The van der Waals surface area contributed by atoms with Gasteiger partial charge in [-0.3, -0.25) is 4.79 Å². The minimum absolute atomic E-state index is 0.397. The van der Waals surface area contributed by atoms with Gasteiger partial charge in [-0.15, -0.1) is 0 Å². The van der Waals surface area contributed by atoms with E-state index in [0.29, 0.717) is 29.6 Å². The van der Waals surface area contributed by atoms with Gasteiger partial charge in [-0.1, -0.05) is 28.0 Å². The van der Waals surface area contributed by atoms with Crippen LogP contribution in [0.1, 0.15) is 31.9 Å². The molecule has 0 aliphatic carbocycles. The number of carbonyl (C=O) groups excluding carboxylic acids is 1. The van der Waals surface area contributed by atoms with E-state index >= 15 is 0 Å². The fourth-order valence-electron chi connectivity index (χ4n) is 2.70. The summed E-state index contributed by atoms with van der Waals surface area (Å²) in [5.41, 5.74) is 7.41. The summed E-state index contributed by atoms with van der Waals surface area (Å²) in [7, 11) is 0. The van der Waals surface area contributed by atoms with E-state index in [1.54, 1.807) is 6.92 Å². The number of amides is 1. The molecule has 1 aromatic carbocycles. The van der Waals surface area contributed by atoms with Crippen LogP contribution in [0.15, 0.2) is 33.9 Å². The molecule has 1 aromatic heterocycles. The first-order valence-corrected chi connectivity index (χ1v) is 8.30. The molecule has 9 heteroatoms. The number of carbonyl (C=O) groups is 1.